The van der Waals surface area contributed by atoms with Gasteiger partial charge in [-0.15, -0.1) is 0 Å². The summed E-state index contributed by atoms with van der Waals surface area (Å²) >= 11 is 0. The summed E-state index contributed by atoms with van der Waals surface area (Å²) in [5.41, 5.74) is 3.11. The van der Waals surface area contributed by atoms with Gasteiger partial charge in [0.2, 0.25) is 0 Å². The molecule has 0 aromatic heterocycles. The molecule has 0 aliphatic heterocycles. The first kappa shape index (κ1) is 16.6. The van der Waals surface area contributed by atoms with E-state index in [9.17, 15) is 4.79 Å². The number of hydrogen-bond donors (Lipinski definition) is 0. The summed E-state index contributed by atoms with van der Waals surface area (Å²) in [5.74, 6) is -0.257. The van der Waals surface area contributed by atoms with Crippen molar-refractivity contribution < 1.29 is 9.53 Å². The van der Waals surface area contributed by atoms with Gasteiger partial charge in [-0.2, -0.15) is 0 Å². The minimum atomic E-state index is -0.268. The fourth-order valence-electron chi connectivity index (χ4n) is 3.87. The van der Waals surface area contributed by atoms with E-state index in [0.717, 1.165) is 12.0 Å². The average Bonchev–Trinajstić information content (AvgIpc) is 3.47. The van der Waals surface area contributed by atoms with Crippen LogP contribution < -0.4 is 0 Å². The fraction of sp³-hybridized carbons (Fsp3) is 0.208. The van der Waals surface area contributed by atoms with Crippen LogP contribution in [0.15, 0.2) is 91.0 Å². The number of ether oxygens (including phenoxy) is 1. The predicted octanol–water partition coefficient (Wildman–Crippen LogP) is 5.30. The fourth-order valence-corrected chi connectivity index (χ4v) is 3.87. The Morgan fingerprint density at radius 3 is 1.81 bits per heavy atom. The quantitative estimate of drug-likeness (QED) is 0.588. The number of benzene rings is 3. The molecule has 0 spiro atoms. The van der Waals surface area contributed by atoms with Crippen LogP contribution in [0.5, 0.6) is 0 Å². The highest BCUT2D eigenvalue weighted by molar-refractivity contribution is 5.81. The summed E-state index contributed by atoms with van der Waals surface area (Å²) in [6.07, 6.45) is 0.551. The second-order valence-corrected chi connectivity index (χ2v) is 6.95. The summed E-state index contributed by atoms with van der Waals surface area (Å²) in [4.78, 5) is 12.9. The lowest BCUT2D eigenvalue weighted by Crippen LogP contribution is -2.20. The van der Waals surface area contributed by atoms with Crippen LogP contribution in [0.2, 0.25) is 0 Å². The third-order valence-corrected chi connectivity index (χ3v) is 5.39. The Bertz CT molecular complexity index is 832. The number of carbonyl (C=O) groups excluding carboxylic acids is 1. The molecule has 26 heavy (non-hydrogen) atoms. The van der Waals surface area contributed by atoms with E-state index in [4.69, 9.17) is 4.74 Å². The Kier molecular flexibility index (Phi) is 4.34. The maximum Gasteiger partial charge on any atom is 0.310 e. The molecule has 2 atom stereocenters. The molecular weight excluding hydrogens is 320 g/mol. The van der Waals surface area contributed by atoms with Crippen LogP contribution in [-0.4, -0.2) is 5.97 Å². The number of hydrogen-bond acceptors (Lipinski definition) is 2. The van der Waals surface area contributed by atoms with Crippen LogP contribution in [0.4, 0.5) is 0 Å². The lowest BCUT2D eigenvalue weighted by molar-refractivity contribution is -0.150. The van der Waals surface area contributed by atoms with E-state index in [0.29, 0.717) is 0 Å². The summed E-state index contributed by atoms with van der Waals surface area (Å²) in [7, 11) is 0. The van der Waals surface area contributed by atoms with Crippen molar-refractivity contribution in [2.24, 2.45) is 5.92 Å². The summed E-state index contributed by atoms with van der Waals surface area (Å²) in [5, 5.41) is 0. The third kappa shape index (κ3) is 2.92. The molecule has 0 radical (unpaired) electrons. The molecule has 0 amide bonds. The third-order valence-electron chi connectivity index (χ3n) is 5.39. The predicted molar refractivity (Wildman–Crippen MR) is 103 cm³/mol. The molecule has 0 N–H and O–H groups in total. The van der Waals surface area contributed by atoms with Gasteiger partial charge in [-0.25, -0.2) is 0 Å². The standard InChI is InChI=1S/C24H22O2/c1-18(19-11-5-2-6-12-19)26-23(25)22-17-24(22,20-13-7-3-8-14-20)21-15-9-4-10-16-21/h2-16,18,22H,17H2,1H3/t18-,22-/m0/s1. The zero-order valence-electron chi connectivity index (χ0n) is 14.8. The van der Waals surface area contributed by atoms with Crippen LogP contribution in [0.25, 0.3) is 0 Å². The highest BCUT2D eigenvalue weighted by atomic mass is 16.5. The molecule has 130 valence electrons. The first-order valence-electron chi connectivity index (χ1n) is 9.08. The molecule has 0 bridgehead atoms. The van der Waals surface area contributed by atoms with Crippen molar-refractivity contribution in [3.63, 3.8) is 0 Å². The largest absolute Gasteiger partial charge is 0.458 e. The summed E-state index contributed by atoms with van der Waals surface area (Å²) in [6.45, 7) is 1.93. The second kappa shape index (κ2) is 6.80. The highest BCUT2D eigenvalue weighted by Crippen LogP contribution is 2.59. The van der Waals surface area contributed by atoms with Crippen molar-refractivity contribution >= 4 is 5.97 Å². The van der Waals surface area contributed by atoms with Gasteiger partial charge in [-0.1, -0.05) is 91.0 Å². The van der Waals surface area contributed by atoms with Crippen LogP contribution >= 0.6 is 0 Å². The molecule has 3 aromatic rings. The lowest BCUT2D eigenvalue weighted by Gasteiger charge is -2.20. The van der Waals surface area contributed by atoms with Gasteiger partial charge < -0.3 is 4.74 Å². The molecule has 1 aliphatic carbocycles. The summed E-state index contributed by atoms with van der Waals surface area (Å²) < 4.78 is 5.82. The zero-order chi connectivity index (χ0) is 18.0. The van der Waals surface area contributed by atoms with E-state index in [1.54, 1.807) is 0 Å². The van der Waals surface area contributed by atoms with Crippen molar-refractivity contribution in [1.82, 2.24) is 0 Å². The van der Waals surface area contributed by atoms with Crippen molar-refractivity contribution in [1.29, 1.82) is 0 Å². The molecule has 1 aliphatic rings. The molecule has 4 rings (SSSR count). The van der Waals surface area contributed by atoms with E-state index in [-0.39, 0.29) is 23.4 Å². The Labute approximate surface area is 154 Å². The maximum absolute atomic E-state index is 12.9. The number of rotatable bonds is 5. The first-order valence-corrected chi connectivity index (χ1v) is 9.08. The number of esters is 1. The van der Waals surface area contributed by atoms with Crippen molar-refractivity contribution in [3.05, 3.63) is 108 Å². The second-order valence-electron chi connectivity index (χ2n) is 6.95. The molecule has 0 heterocycles. The Hall–Kier alpha value is -2.87. The lowest BCUT2D eigenvalue weighted by atomic mass is 9.86. The molecule has 1 saturated carbocycles. The Morgan fingerprint density at radius 2 is 1.31 bits per heavy atom. The van der Waals surface area contributed by atoms with Gasteiger partial charge in [0.05, 0.1) is 5.92 Å². The van der Waals surface area contributed by atoms with Gasteiger partial charge in [0.15, 0.2) is 0 Å². The smallest absolute Gasteiger partial charge is 0.310 e. The topological polar surface area (TPSA) is 26.3 Å². The number of carbonyl (C=O) groups is 1. The summed E-state index contributed by atoms with van der Waals surface area (Å²) in [6, 6.07) is 30.5. The van der Waals surface area contributed by atoms with Gasteiger partial charge in [-0.3, -0.25) is 4.79 Å². The van der Waals surface area contributed by atoms with Crippen LogP contribution in [-0.2, 0) is 14.9 Å². The van der Waals surface area contributed by atoms with Crippen molar-refractivity contribution in [2.45, 2.75) is 24.9 Å². The maximum atomic E-state index is 12.9. The molecule has 2 nitrogen and oxygen atoms in total. The van der Waals surface area contributed by atoms with Crippen LogP contribution in [0, 0.1) is 5.92 Å². The van der Waals surface area contributed by atoms with E-state index in [1.165, 1.54) is 11.1 Å². The van der Waals surface area contributed by atoms with Crippen LogP contribution in [0.3, 0.4) is 0 Å². The van der Waals surface area contributed by atoms with Gasteiger partial charge in [-0.05, 0) is 30.0 Å². The van der Waals surface area contributed by atoms with E-state index in [1.807, 2.05) is 73.7 Å². The molecular formula is C24H22O2. The normalized spacial score (nSPS) is 18.7. The molecule has 1 fully saturated rings. The first-order chi connectivity index (χ1) is 12.7. The Balaban J connectivity index is 1.60. The van der Waals surface area contributed by atoms with Gasteiger partial charge in [0.25, 0.3) is 0 Å². The minimum absolute atomic E-state index is 0.117. The highest BCUT2D eigenvalue weighted by Gasteiger charge is 2.61. The van der Waals surface area contributed by atoms with Gasteiger partial charge >= 0.3 is 5.97 Å². The molecule has 0 saturated heterocycles. The SMILES string of the molecule is C[C@H](OC(=O)[C@@H]1CC1(c1ccccc1)c1ccccc1)c1ccccc1. The van der Waals surface area contributed by atoms with Crippen molar-refractivity contribution in [2.75, 3.05) is 0 Å². The minimum Gasteiger partial charge on any atom is -0.458 e. The van der Waals surface area contributed by atoms with Crippen LogP contribution in [0.1, 0.15) is 36.1 Å². The monoisotopic (exact) mass is 342 g/mol. The van der Waals surface area contributed by atoms with E-state index in [2.05, 4.69) is 24.3 Å². The van der Waals surface area contributed by atoms with Crippen molar-refractivity contribution in [3.8, 4) is 0 Å². The average molecular weight is 342 g/mol. The van der Waals surface area contributed by atoms with Gasteiger partial charge in [0.1, 0.15) is 6.10 Å². The molecule has 3 aromatic carbocycles. The van der Waals surface area contributed by atoms with E-state index >= 15 is 0 Å². The van der Waals surface area contributed by atoms with E-state index < -0.39 is 0 Å². The molecule has 2 heteroatoms. The molecule has 0 unspecified atom stereocenters. The Morgan fingerprint density at radius 1 is 0.846 bits per heavy atom. The van der Waals surface area contributed by atoms with Gasteiger partial charge in [0, 0.05) is 5.41 Å². The zero-order valence-corrected chi connectivity index (χ0v) is 14.8.